The maximum atomic E-state index is 12.0. The molecular weight excluding hydrogens is 314 g/mol. The first kappa shape index (κ1) is 18.1. The summed E-state index contributed by atoms with van der Waals surface area (Å²) in [4.78, 5) is 12.0. The highest BCUT2D eigenvalue weighted by Gasteiger charge is 2.08. The summed E-state index contributed by atoms with van der Waals surface area (Å²) in [6.07, 6.45) is 2.22. The van der Waals surface area contributed by atoms with Crippen LogP contribution >= 0.6 is 0 Å². The fraction of sp³-hybridized carbons (Fsp3) is 0.200. The van der Waals surface area contributed by atoms with Crippen LogP contribution in [0.3, 0.4) is 0 Å². The third-order valence-electron chi connectivity index (χ3n) is 3.60. The minimum atomic E-state index is -0.389. The van der Waals surface area contributed by atoms with Crippen LogP contribution < -0.4 is 15.4 Å². The van der Waals surface area contributed by atoms with Crippen LogP contribution in [-0.4, -0.2) is 19.6 Å². The number of carbonyl (C=O) groups is 1. The van der Waals surface area contributed by atoms with E-state index in [-0.39, 0.29) is 11.5 Å². The molecular formula is C20H21N3O2. The highest BCUT2D eigenvalue weighted by molar-refractivity contribution is 5.97. The summed E-state index contributed by atoms with van der Waals surface area (Å²) in [6, 6.07) is 19.3. The Hall–Kier alpha value is -3.26. The van der Waals surface area contributed by atoms with Crippen molar-refractivity contribution in [3.05, 3.63) is 77.5 Å². The van der Waals surface area contributed by atoms with Crippen LogP contribution in [0.5, 0.6) is 5.75 Å². The number of nitriles is 1. The lowest BCUT2D eigenvalue weighted by atomic mass is 10.1. The minimum absolute atomic E-state index is 0.0570. The molecule has 0 radical (unpaired) electrons. The molecule has 2 N–H and O–H groups in total. The maximum Gasteiger partial charge on any atom is 0.263 e. The summed E-state index contributed by atoms with van der Waals surface area (Å²) in [6.45, 7) is 1.01. The Balaban J connectivity index is 1.81. The molecule has 2 rings (SSSR count). The summed E-state index contributed by atoms with van der Waals surface area (Å²) in [5, 5.41) is 14.9. The minimum Gasteiger partial charge on any atom is -0.497 e. The van der Waals surface area contributed by atoms with Crippen molar-refractivity contribution in [2.45, 2.75) is 13.0 Å². The summed E-state index contributed by atoms with van der Waals surface area (Å²) < 4.78 is 5.18. The van der Waals surface area contributed by atoms with Gasteiger partial charge in [-0.15, -0.1) is 0 Å². The molecule has 0 aromatic heterocycles. The number of methoxy groups -OCH3 is 1. The van der Waals surface area contributed by atoms with Crippen molar-refractivity contribution < 1.29 is 9.53 Å². The smallest absolute Gasteiger partial charge is 0.263 e. The lowest BCUT2D eigenvalue weighted by molar-refractivity contribution is -0.117. The molecule has 0 saturated carbocycles. The maximum absolute atomic E-state index is 12.0. The third kappa shape index (κ3) is 6.04. The normalized spacial score (nSPS) is 10.6. The van der Waals surface area contributed by atoms with Gasteiger partial charge in [0, 0.05) is 19.3 Å². The first-order chi connectivity index (χ1) is 12.2. The van der Waals surface area contributed by atoms with Gasteiger partial charge < -0.3 is 15.4 Å². The second-order valence-corrected chi connectivity index (χ2v) is 5.39. The highest BCUT2D eigenvalue weighted by atomic mass is 16.5. The Bertz CT molecular complexity index is 764. The largest absolute Gasteiger partial charge is 0.497 e. The van der Waals surface area contributed by atoms with E-state index in [1.807, 2.05) is 60.7 Å². The van der Waals surface area contributed by atoms with Gasteiger partial charge in [0.2, 0.25) is 0 Å². The predicted octanol–water partition coefficient (Wildman–Crippen LogP) is 2.55. The van der Waals surface area contributed by atoms with Gasteiger partial charge in [-0.2, -0.15) is 5.26 Å². The zero-order chi connectivity index (χ0) is 17.9. The van der Waals surface area contributed by atoms with Gasteiger partial charge in [-0.25, -0.2) is 0 Å². The lowest BCUT2D eigenvalue weighted by Crippen LogP contribution is -2.25. The molecule has 0 aliphatic heterocycles. The molecule has 0 atom stereocenters. The molecule has 5 heteroatoms. The molecule has 0 bridgehead atoms. The van der Waals surface area contributed by atoms with Crippen molar-refractivity contribution >= 4 is 5.91 Å². The molecule has 0 heterocycles. The van der Waals surface area contributed by atoms with Gasteiger partial charge in [-0.3, -0.25) is 4.79 Å². The summed E-state index contributed by atoms with van der Waals surface area (Å²) in [5.41, 5.74) is 2.16. The molecule has 0 saturated heterocycles. The molecule has 0 spiro atoms. The first-order valence-corrected chi connectivity index (χ1v) is 8.01. The van der Waals surface area contributed by atoms with Gasteiger partial charge in [-0.05, 0) is 29.7 Å². The van der Waals surface area contributed by atoms with E-state index in [4.69, 9.17) is 10.00 Å². The quantitative estimate of drug-likeness (QED) is 0.442. The van der Waals surface area contributed by atoms with E-state index in [1.54, 1.807) is 7.11 Å². The van der Waals surface area contributed by atoms with Gasteiger partial charge in [0.15, 0.2) is 0 Å². The lowest BCUT2D eigenvalue weighted by Gasteiger charge is -2.06. The monoisotopic (exact) mass is 335 g/mol. The zero-order valence-electron chi connectivity index (χ0n) is 14.2. The SMILES string of the molecule is COc1cccc(CCN/C=C(/C#N)C(=O)NCc2ccccc2)c1. The molecule has 0 unspecified atom stereocenters. The number of carbonyl (C=O) groups excluding carboxylic acids is 1. The molecule has 0 fully saturated rings. The molecule has 0 aliphatic carbocycles. The molecule has 0 aliphatic rings. The highest BCUT2D eigenvalue weighted by Crippen LogP contribution is 2.12. The summed E-state index contributed by atoms with van der Waals surface area (Å²) in [5.74, 6) is 0.422. The van der Waals surface area contributed by atoms with Crippen LogP contribution in [0.1, 0.15) is 11.1 Å². The van der Waals surface area contributed by atoms with Crippen LogP contribution in [0.25, 0.3) is 0 Å². The molecule has 2 aromatic rings. The number of benzene rings is 2. The van der Waals surface area contributed by atoms with E-state index in [1.165, 1.54) is 6.20 Å². The van der Waals surface area contributed by atoms with E-state index >= 15 is 0 Å². The predicted molar refractivity (Wildman–Crippen MR) is 96.7 cm³/mol. The van der Waals surface area contributed by atoms with Crippen molar-refractivity contribution in [3.8, 4) is 11.8 Å². The Morgan fingerprint density at radius 2 is 1.92 bits per heavy atom. The van der Waals surface area contributed by atoms with Crippen LogP contribution in [-0.2, 0) is 17.8 Å². The van der Waals surface area contributed by atoms with Crippen LogP contribution in [0.15, 0.2) is 66.4 Å². The van der Waals surface area contributed by atoms with Gasteiger partial charge in [0.1, 0.15) is 17.4 Å². The van der Waals surface area contributed by atoms with E-state index in [2.05, 4.69) is 10.6 Å². The van der Waals surface area contributed by atoms with Gasteiger partial charge in [0.05, 0.1) is 7.11 Å². The van der Waals surface area contributed by atoms with Crippen LogP contribution in [0, 0.1) is 11.3 Å². The number of hydrogen-bond acceptors (Lipinski definition) is 4. The molecule has 1 amide bonds. The summed E-state index contributed by atoms with van der Waals surface area (Å²) >= 11 is 0. The van der Waals surface area contributed by atoms with Crippen molar-refractivity contribution in [2.75, 3.05) is 13.7 Å². The Morgan fingerprint density at radius 3 is 2.64 bits per heavy atom. The number of amides is 1. The number of rotatable bonds is 8. The van der Waals surface area contributed by atoms with Crippen molar-refractivity contribution in [2.24, 2.45) is 0 Å². The first-order valence-electron chi connectivity index (χ1n) is 8.01. The van der Waals surface area contributed by atoms with Gasteiger partial charge in [-0.1, -0.05) is 42.5 Å². The number of hydrogen-bond donors (Lipinski definition) is 2. The molecule has 128 valence electrons. The number of ether oxygens (including phenoxy) is 1. The molecule has 5 nitrogen and oxygen atoms in total. The topological polar surface area (TPSA) is 74.1 Å². The van der Waals surface area contributed by atoms with Gasteiger partial charge >= 0.3 is 0 Å². The average molecular weight is 335 g/mol. The fourth-order valence-corrected chi connectivity index (χ4v) is 2.24. The van der Waals surface area contributed by atoms with Crippen molar-refractivity contribution in [1.82, 2.24) is 10.6 Å². The standard InChI is InChI=1S/C20H21N3O2/c1-25-19-9-5-8-16(12-19)10-11-22-15-18(13-21)20(24)23-14-17-6-3-2-4-7-17/h2-9,12,15,22H,10-11,14H2,1H3,(H,23,24)/b18-15-. The average Bonchev–Trinajstić information content (AvgIpc) is 2.67. The number of nitrogens with one attached hydrogen (secondary N) is 2. The van der Waals surface area contributed by atoms with Crippen LogP contribution in [0.2, 0.25) is 0 Å². The van der Waals surface area contributed by atoms with Gasteiger partial charge in [0.25, 0.3) is 5.91 Å². The Labute approximate surface area is 147 Å². The second kappa shape index (κ2) is 9.78. The number of nitrogens with zero attached hydrogens (tertiary/aromatic N) is 1. The van der Waals surface area contributed by atoms with E-state index in [0.29, 0.717) is 13.1 Å². The molecule has 2 aromatic carbocycles. The summed E-state index contributed by atoms with van der Waals surface area (Å²) in [7, 11) is 1.63. The van der Waals surface area contributed by atoms with Crippen molar-refractivity contribution in [1.29, 1.82) is 5.26 Å². The Kier molecular flexibility index (Phi) is 7.08. The van der Waals surface area contributed by atoms with Crippen LogP contribution in [0.4, 0.5) is 0 Å². The van der Waals surface area contributed by atoms with E-state index < -0.39 is 0 Å². The second-order valence-electron chi connectivity index (χ2n) is 5.39. The van der Waals surface area contributed by atoms with E-state index in [0.717, 1.165) is 23.3 Å². The third-order valence-corrected chi connectivity index (χ3v) is 3.60. The van der Waals surface area contributed by atoms with Crippen molar-refractivity contribution in [3.63, 3.8) is 0 Å². The fourth-order valence-electron chi connectivity index (χ4n) is 2.24. The molecule has 25 heavy (non-hydrogen) atoms. The zero-order valence-corrected chi connectivity index (χ0v) is 14.2. The van der Waals surface area contributed by atoms with E-state index in [9.17, 15) is 4.79 Å². The Morgan fingerprint density at radius 1 is 1.16 bits per heavy atom.